The van der Waals surface area contributed by atoms with E-state index in [1.807, 2.05) is 17.4 Å². The Morgan fingerprint density at radius 3 is 2.96 bits per heavy atom. The molecule has 148 valence electrons. The fourth-order valence-electron chi connectivity index (χ4n) is 3.76. The molecular formula is C22H25BrN2OS2. The summed E-state index contributed by atoms with van der Waals surface area (Å²) in [5.74, 6) is 1.01. The number of thiophene rings is 1. The number of nitrogens with zero attached hydrogens (tertiary/aromatic N) is 1. The van der Waals surface area contributed by atoms with Crippen molar-refractivity contribution in [2.75, 3.05) is 6.54 Å². The Hall–Kier alpha value is -1.08. The molecule has 0 spiro atoms. The number of para-hydroxylation sites is 1. The van der Waals surface area contributed by atoms with E-state index in [4.69, 9.17) is 4.98 Å². The number of carbonyl (C=O) groups excluding carboxylic acids is 1. The van der Waals surface area contributed by atoms with Crippen LogP contribution in [-0.2, 0) is 24.2 Å². The normalized spacial score (nSPS) is 14.0. The zero-order valence-electron chi connectivity index (χ0n) is 16.3. The number of aromatic nitrogens is 1. The monoisotopic (exact) mass is 476 g/mol. The first-order valence-corrected chi connectivity index (χ1v) is 12.4. The maximum Gasteiger partial charge on any atom is 0.138 e. The van der Waals surface area contributed by atoms with Crippen LogP contribution in [-0.4, -0.2) is 17.3 Å². The number of nitrogens with one attached hydrogen (secondary N) is 1. The molecule has 3 aromatic rings. The topological polar surface area (TPSA) is 42.0 Å². The molecule has 0 bridgehead atoms. The van der Waals surface area contributed by atoms with Crippen molar-refractivity contribution in [2.45, 2.75) is 52.5 Å². The van der Waals surface area contributed by atoms with Gasteiger partial charge in [0.25, 0.3) is 0 Å². The first kappa shape index (κ1) is 20.2. The highest BCUT2D eigenvalue weighted by atomic mass is 79.9. The molecule has 1 aliphatic rings. The minimum atomic E-state index is 0.357. The number of Topliss-reactive ketones (excluding diaryl/α,β-unsaturated/α-hetero) is 1. The second-order valence-electron chi connectivity index (χ2n) is 7.84. The van der Waals surface area contributed by atoms with Gasteiger partial charge in [0.05, 0.1) is 10.2 Å². The number of ketones is 1. The maximum absolute atomic E-state index is 12.7. The van der Waals surface area contributed by atoms with Gasteiger partial charge in [0.1, 0.15) is 10.8 Å². The highest BCUT2D eigenvalue weighted by Crippen LogP contribution is 2.42. The molecule has 0 fully saturated rings. The van der Waals surface area contributed by atoms with E-state index in [0.717, 1.165) is 47.3 Å². The molecule has 0 radical (unpaired) electrons. The second-order valence-corrected chi connectivity index (χ2v) is 10.9. The van der Waals surface area contributed by atoms with E-state index >= 15 is 0 Å². The first-order chi connectivity index (χ1) is 13.5. The molecule has 3 nitrogen and oxygen atoms in total. The van der Waals surface area contributed by atoms with Crippen molar-refractivity contribution >= 4 is 54.6 Å². The van der Waals surface area contributed by atoms with E-state index in [0.29, 0.717) is 24.5 Å². The van der Waals surface area contributed by atoms with Crippen LogP contribution < -0.4 is 5.32 Å². The number of rotatable bonds is 7. The number of carbonyl (C=O) groups is 1. The van der Waals surface area contributed by atoms with Gasteiger partial charge in [-0.15, -0.1) is 22.7 Å². The molecule has 1 N–H and O–H groups in total. The summed E-state index contributed by atoms with van der Waals surface area (Å²) in [5.41, 5.74) is 3.67. The van der Waals surface area contributed by atoms with Crippen LogP contribution in [0.25, 0.3) is 20.8 Å². The highest BCUT2D eigenvalue weighted by Gasteiger charge is 2.25. The number of hydrogen-bond donors (Lipinski definition) is 1. The minimum absolute atomic E-state index is 0.357. The van der Waals surface area contributed by atoms with Gasteiger partial charge in [0.2, 0.25) is 0 Å². The van der Waals surface area contributed by atoms with Crippen LogP contribution in [0.15, 0.2) is 22.7 Å². The molecule has 3 heterocycles. The van der Waals surface area contributed by atoms with Gasteiger partial charge in [-0.05, 0) is 58.9 Å². The van der Waals surface area contributed by atoms with Gasteiger partial charge in [0.15, 0.2) is 0 Å². The van der Waals surface area contributed by atoms with E-state index in [1.54, 1.807) is 11.3 Å². The quantitative estimate of drug-likeness (QED) is 0.430. The lowest BCUT2D eigenvalue weighted by atomic mass is 9.99. The lowest BCUT2D eigenvalue weighted by Gasteiger charge is -2.13. The van der Waals surface area contributed by atoms with Gasteiger partial charge in [-0.25, -0.2) is 4.98 Å². The third-order valence-corrected chi connectivity index (χ3v) is 8.09. The average molecular weight is 477 g/mol. The summed E-state index contributed by atoms with van der Waals surface area (Å²) in [6.45, 7) is 6.33. The van der Waals surface area contributed by atoms with E-state index in [9.17, 15) is 4.79 Å². The van der Waals surface area contributed by atoms with Gasteiger partial charge in [-0.2, -0.15) is 0 Å². The van der Waals surface area contributed by atoms with Crippen molar-refractivity contribution in [1.82, 2.24) is 10.3 Å². The second kappa shape index (κ2) is 8.74. The Balaban J connectivity index is 1.68. The first-order valence-electron chi connectivity index (χ1n) is 9.94. The van der Waals surface area contributed by atoms with Crippen molar-refractivity contribution in [3.05, 3.63) is 38.0 Å². The van der Waals surface area contributed by atoms with Gasteiger partial charge in [-0.3, -0.25) is 4.79 Å². The zero-order chi connectivity index (χ0) is 19.7. The van der Waals surface area contributed by atoms with Gasteiger partial charge in [0, 0.05) is 39.2 Å². The molecule has 0 saturated carbocycles. The third kappa shape index (κ3) is 4.25. The lowest BCUT2D eigenvalue weighted by Crippen LogP contribution is -2.22. The predicted octanol–water partition coefficient (Wildman–Crippen LogP) is 6.37. The molecule has 4 rings (SSSR count). The molecule has 0 unspecified atom stereocenters. The third-order valence-electron chi connectivity index (χ3n) is 5.18. The Kier molecular flexibility index (Phi) is 6.30. The number of fused-ring (bicyclic) bond motifs is 2. The summed E-state index contributed by atoms with van der Waals surface area (Å²) >= 11 is 7.18. The van der Waals surface area contributed by atoms with Crippen LogP contribution in [0.3, 0.4) is 0 Å². The molecule has 1 aromatic carbocycles. The molecule has 1 aliphatic heterocycles. The summed E-state index contributed by atoms with van der Waals surface area (Å²) in [6, 6.07) is 6.22. The Morgan fingerprint density at radius 1 is 1.32 bits per heavy atom. The number of benzene rings is 1. The van der Waals surface area contributed by atoms with Crippen molar-refractivity contribution in [2.24, 2.45) is 5.92 Å². The molecular weight excluding hydrogens is 452 g/mol. The van der Waals surface area contributed by atoms with Gasteiger partial charge < -0.3 is 5.32 Å². The minimum Gasteiger partial charge on any atom is -0.312 e. The van der Waals surface area contributed by atoms with E-state index in [1.165, 1.54) is 25.6 Å². The van der Waals surface area contributed by atoms with E-state index in [2.05, 4.69) is 47.2 Å². The van der Waals surface area contributed by atoms with Gasteiger partial charge in [-0.1, -0.05) is 26.3 Å². The Morgan fingerprint density at radius 2 is 2.18 bits per heavy atom. The summed E-state index contributed by atoms with van der Waals surface area (Å²) < 4.78 is 2.22. The molecule has 0 saturated heterocycles. The summed E-state index contributed by atoms with van der Waals surface area (Å²) in [5, 5.41) is 4.53. The van der Waals surface area contributed by atoms with Crippen molar-refractivity contribution in [3.63, 3.8) is 0 Å². The largest absolute Gasteiger partial charge is 0.312 e. The van der Waals surface area contributed by atoms with Crippen LogP contribution in [0, 0.1) is 5.92 Å². The predicted molar refractivity (Wildman–Crippen MR) is 123 cm³/mol. The summed E-state index contributed by atoms with van der Waals surface area (Å²) in [4.78, 5) is 20.2. The number of hydrogen-bond acceptors (Lipinski definition) is 5. The van der Waals surface area contributed by atoms with E-state index < -0.39 is 0 Å². The summed E-state index contributed by atoms with van der Waals surface area (Å²) in [7, 11) is 0. The molecule has 6 heteroatoms. The smallest absolute Gasteiger partial charge is 0.138 e. The SMILES string of the molecule is CC(C)CCCC(=O)Cc1sc2c(c1-c1nc3c(Br)cccc3s1)CCNC2. The lowest BCUT2D eigenvalue weighted by molar-refractivity contribution is -0.118. The Bertz CT molecular complexity index is 1010. The molecule has 0 atom stereocenters. The van der Waals surface area contributed by atoms with Crippen molar-refractivity contribution < 1.29 is 4.79 Å². The van der Waals surface area contributed by atoms with Gasteiger partial charge >= 0.3 is 0 Å². The maximum atomic E-state index is 12.7. The standard InChI is InChI=1S/C22H25BrN2OS2/c1-13(2)5-3-6-14(26)11-18-20(15-9-10-24-12-19(15)27-18)22-25-21-16(23)7-4-8-17(21)28-22/h4,7-8,13,24H,3,5-6,9-12H2,1-2H3. The Labute approximate surface area is 182 Å². The van der Waals surface area contributed by atoms with Crippen LogP contribution in [0.2, 0.25) is 0 Å². The van der Waals surface area contributed by atoms with E-state index in [-0.39, 0.29) is 0 Å². The highest BCUT2D eigenvalue weighted by molar-refractivity contribution is 9.10. The van der Waals surface area contributed by atoms with Crippen LogP contribution in [0.1, 0.15) is 48.4 Å². The number of halogens is 1. The molecule has 0 aliphatic carbocycles. The average Bonchev–Trinajstić information content (AvgIpc) is 3.22. The molecule has 0 amide bonds. The number of thiazole rings is 1. The fourth-order valence-corrected chi connectivity index (χ4v) is 6.86. The van der Waals surface area contributed by atoms with Crippen LogP contribution >= 0.6 is 38.6 Å². The fraction of sp³-hybridized carbons (Fsp3) is 0.455. The molecule has 28 heavy (non-hydrogen) atoms. The van der Waals surface area contributed by atoms with Crippen molar-refractivity contribution in [1.29, 1.82) is 0 Å². The summed E-state index contributed by atoms with van der Waals surface area (Å²) in [6.07, 6.45) is 4.35. The van der Waals surface area contributed by atoms with Crippen molar-refractivity contribution in [3.8, 4) is 10.6 Å². The van der Waals surface area contributed by atoms with Crippen LogP contribution in [0.4, 0.5) is 0 Å². The van der Waals surface area contributed by atoms with Crippen LogP contribution in [0.5, 0.6) is 0 Å². The molecule has 2 aromatic heterocycles. The zero-order valence-corrected chi connectivity index (χ0v) is 19.5.